The van der Waals surface area contributed by atoms with Gasteiger partial charge in [0.05, 0.1) is 36.1 Å². The summed E-state index contributed by atoms with van der Waals surface area (Å²) in [5.41, 5.74) is 1.36. The summed E-state index contributed by atoms with van der Waals surface area (Å²) in [5, 5.41) is 0. The van der Waals surface area contributed by atoms with E-state index < -0.39 is 12.0 Å². The van der Waals surface area contributed by atoms with Crippen LogP contribution in [0.1, 0.15) is 30.0 Å². The summed E-state index contributed by atoms with van der Waals surface area (Å²) in [6, 6.07) is 10.2. The molecule has 1 aliphatic heterocycles. The number of aryl methyl sites for hydroxylation is 1. The van der Waals surface area contributed by atoms with E-state index in [0.29, 0.717) is 32.1 Å². The van der Waals surface area contributed by atoms with Crippen LogP contribution in [-0.4, -0.2) is 24.8 Å². The highest BCUT2D eigenvalue weighted by Crippen LogP contribution is 2.31. The number of rotatable bonds is 4. The Morgan fingerprint density at radius 1 is 1.17 bits per heavy atom. The topological polar surface area (TPSA) is 83.0 Å². The molecule has 1 aliphatic rings. The molecule has 0 N–H and O–H groups in total. The zero-order valence-electron chi connectivity index (χ0n) is 17.0. The Morgan fingerprint density at radius 3 is 2.50 bits per heavy atom. The van der Waals surface area contributed by atoms with Crippen molar-refractivity contribution in [1.29, 1.82) is 0 Å². The van der Waals surface area contributed by atoms with Gasteiger partial charge in [-0.3, -0.25) is 9.36 Å². The second kappa shape index (κ2) is 7.79. The van der Waals surface area contributed by atoms with E-state index in [0.717, 1.165) is 11.3 Å². The Hall–Kier alpha value is -3.39. The smallest absolute Gasteiger partial charge is 0.338 e. The van der Waals surface area contributed by atoms with Crippen LogP contribution in [0.2, 0.25) is 0 Å². The highest BCUT2D eigenvalue weighted by Gasteiger charge is 2.33. The van der Waals surface area contributed by atoms with E-state index in [4.69, 9.17) is 13.9 Å². The molecule has 0 aliphatic carbocycles. The van der Waals surface area contributed by atoms with E-state index in [-0.39, 0.29) is 5.56 Å². The van der Waals surface area contributed by atoms with Crippen molar-refractivity contribution in [2.75, 3.05) is 14.2 Å². The highest BCUT2D eigenvalue weighted by atomic mass is 32.1. The normalized spacial score (nSPS) is 16.3. The van der Waals surface area contributed by atoms with Crippen LogP contribution in [-0.2, 0) is 9.53 Å². The number of ether oxygens (including phenoxy) is 2. The summed E-state index contributed by atoms with van der Waals surface area (Å²) in [5.74, 6) is 1.50. The van der Waals surface area contributed by atoms with Crippen LogP contribution in [0.5, 0.6) is 5.75 Å². The third kappa shape index (κ3) is 3.39. The third-order valence-corrected chi connectivity index (χ3v) is 5.88. The van der Waals surface area contributed by atoms with E-state index in [2.05, 4.69) is 4.99 Å². The van der Waals surface area contributed by atoms with Gasteiger partial charge in [-0.25, -0.2) is 9.79 Å². The number of nitrogens with zero attached hydrogens (tertiary/aromatic N) is 2. The van der Waals surface area contributed by atoms with E-state index in [1.165, 1.54) is 23.0 Å². The number of esters is 1. The van der Waals surface area contributed by atoms with Crippen LogP contribution >= 0.6 is 11.3 Å². The second-order valence-electron chi connectivity index (χ2n) is 6.79. The van der Waals surface area contributed by atoms with E-state index in [1.807, 2.05) is 25.1 Å². The summed E-state index contributed by atoms with van der Waals surface area (Å²) in [6.07, 6.45) is 1.69. The molecule has 154 valence electrons. The second-order valence-corrected chi connectivity index (χ2v) is 7.80. The number of benzene rings is 1. The zero-order valence-corrected chi connectivity index (χ0v) is 17.8. The zero-order chi connectivity index (χ0) is 21.4. The molecule has 2 aromatic heterocycles. The molecule has 0 bridgehead atoms. The lowest BCUT2D eigenvalue weighted by Crippen LogP contribution is -2.39. The van der Waals surface area contributed by atoms with Crippen molar-refractivity contribution in [2.24, 2.45) is 4.99 Å². The van der Waals surface area contributed by atoms with Gasteiger partial charge in [0.25, 0.3) is 5.56 Å². The Balaban J connectivity index is 1.96. The summed E-state index contributed by atoms with van der Waals surface area (Å²) >= 11 is 1.25. The standard InChI is InChI=1S/C22H20N2O5S/c1-12-5-8-16(29-12)11-17-20(25)24-19(14-6-9-15(27-3)10-7-14)18(21(26)28-4)13(2)23-22(24)30-17/h5-11,19H,1-4H3/b17-11+/t19-/m0/s1. The first-order valence-electron chi connectivity index (χ1n) is 9.24. The van der Waals surface area contributed by atoms with Crippen LogP contribution in [0.25, 0.3) is 6.08 Å². The minimum Gasteiger partial charge on any atom is -0.497 e. The molecule has 8 heteroatoms. The van der Waals surface area contributed by atoms with Crippen LogP contribution in [0, 0.1) is 6.92 Å². The summed E-state index contributed by atoms with van der Waals surface area (Å²) < 4.78 is 17.8. The molecule has 0 saturated heterocycles. The Bertz CT molecular complexity index is 1330. The van der Waals surface area contributed by atoms with Crippen molar-refractivity contribution in [3.8, 4) is 5.75 Å². The maximum absolute atomic E-state index is 13.3. The lowest BCUT2D eigenvalue weighted by Gasteiger charge is -2.24. The molecule has 0 radical (unpaired) electrons. The minimum absolute atomic E-state index is 0.248. The summed E-state index contributed by atoms with van der Waals surface area (Å²) in [7, 11) is 2.90. The van der Waals surface area contributed by atoms with Gasteiger partial charge in [0, 0.05) is 6.08 Å². The number of thiazole rings is 1. The number of aromatic nitrogens is 1. The number of hydrogen-bond acceptors (Lipinski definition) is 7. The van der Waals surface area contributed by atoms with E-state index >= 15 is 0 Å². The molecule has 30 heavy (non-hydrogen) atoms. The molecule has 0 saturated carbocycles. The molecule has 3 aromatic rings. The molecule has 1 atom stereocenters. The minimum atomic E-state index is -0.653. The van der Waals surface area contributed by atoms with E-state index in [1.54, 1.807) is 38.3 Å². The molecule has 4 rings (SSSR count). The molecule has 0 fully saturated rings. The Labute approximate surface area is 176 Å². The molecular formula is C22H20N2O5S. The average Bonchev–Trinajstić information content (AvgIpc) is 3.29. The van der Waals surface area contributed by atoms with Crippen LogP contribution in [0.4, 0.5) is 0 Å². The lowest BCUT2D eigenvalue weighted by molar-refractivity contribution is -0.136. The average molecular weight is 424 g/mol. The van der Waals surface area contributed by atoms with E-state index in [9.17, 15) is 9.59 Å². The first-order chi connectivity index (χ1) is 14.4. The molecular weight excluding hydrogens is 404 g/mol. The largest absolute Gasteiger partial charge is 0.497 e. The number of furan rings is 1. The monoisotopic (exact) mass is 424 g/mol. The maximum atomic E-state index is 13.3. The Morgan fingerprint density at radius 2 is 1.90 bits per heavy atom. The first kappa shape index (κ1) is 19.9. The molecule has 3 heterocycles. The van der Waals surface area contributed by atoms with Gasteiger partial charge in [-0.2, -0.15) is 0 Å². The highest BCUT2D eigenvalue weighted by molar-refractivity contribution is 7.07. The number of carbonyl (C=O) groups excluding carboxylic acids is 1. The van der Waals surface area contributed by atoms with Crippen molar-refractivity contribution >= 4 is 23.4 Å². The van der Waals surface area contributed by atoms with Crippen molar-refractivity contribution in [1.82, 2.24) is 4.57 Å². The van der Waals surface area contributed by atoms with Gasteiger partial charge in [-0.1, -0.05) is 23.5 Å². The van der Waals surface area contributed by atoms with Crippen LogP contribution in [0.15, 0.2) is 61.9 Å². The Kier molecular flexibility index (Phi) is 5.17. The third-order valence-electron chi connectivity index (χ3n) is 4.89. The first-order valence-corrected chi connectivity index (χ1v) is 10.1. The number of allylic oxidation sites excluding steroid dienone is 1. The van der Waals surface area contributed by atoms with Gasteiger partial charge in [0.2, 0.25) is 0 Å². The van der Waals surface area contributed by atoms with Gasteiger partial charge in [-0.15, -0.1) is 0 Å². The predicted octanol–water partition coefficient (Wildman–Crippen LogP) is 2.32. The SMILES string of the molecule is COC(=O)C1=C(C)N=c2s/c(=C/c3ccc(C)o3)c(=O)n2[C@H]1c1ccc(OC)cc1. The molecule has 0 spiro atoms. The van der Waals surface area contributed by atoms with Gasteiger partial charge < -0.3 is 13.9 Å². The van der Waals surface area contributed by atoms with Crippen molar-refractivity contribution in [2.45, 2.75) is 19.9 Å². The van der Waals surface area contributed by atoms with Crippen molar-refractivity contribution in [3.63, 3.8) is 0 Å². The number of methoxy groups -OCH3 is 2. The van der Waals surface area contributed by atoms with Gasteiger partial charge in [-0.05, 0) is 43.7 Å². The molecule has 7 nitrogen and oxygen atoms in total. The van der Waals surface area contributed by atoms with Gasteiger partial charge >= 0.3 is 5.97 Å². The summed E-state index contributed by atoms with van der Waals surface area (Å²) in [6.45, 7) is 3.59. The quantitative estimate of drug-likeness (QED) is 0.601. The van der Waals surface area contributed by atoms with Gasteiger partial charge in [0.1, 0.15) is 17.3 Å². The molecule has 1 aromatic carbocycles. The molecule has 0 unspecified atom stereocenters. The maximum Gasteiger partial charge on any atom is 0.338 e. The lowest BCUT2D eigenvalue weighted by atomic mass is 9.96. The molecule has 0 amide bonds. The van der Waals surface area contributed by atoms with Crippen molar-refractivity contribution in [3.05, 3.63) is 84.4 Å². The fraction of sp³-hybridized carbons (Fsp3) is 0.227. The van der Waals surface area contributed by atoms with Crippen LogP contribution < -0.4 is 19.6 Å². The fourth-order valence-electron chi connectivity index (χ4n) is 3.45. The van der Waals surface area contributed by atoms with Crippen molar-refractivity contribution < 1.29 is 18.7 Å². The predicted molar refractivity (Wildman–Crippen MR) is 112 cm³/mol. The summed E-state index contributed by atoms with van der Waals surface area (Å²) in [4.78, 5) is 31.0. The number of carbonyl (C=O) groups is 1. The van der Waals surface area contributed by atoms with Gasteiger partial charge in [0.15, 0.2) is 4.80 Å². The van der Waals surface area contributed by atoms with Crippen LogP contribution in [0.3, 0.4) is 0 Å². The fourth-order valence-corrected chi connectivity index (χ4v) is 4.48. The number of fused-ring (bicyclic) bond motifs is 1. The number of hydrogen-bond donors (Lipinski definition) is 0.